The molecule has 1 aromatic heterocycles. The molecular formula is C11H10FN3S2. The molecule has 0 aliphatic heterocycles. The van der Waals surface area contributed by atoms with Gasteiger partial charge in [-0.15, -0.1) is 11.3 Å². The maximum Gasteiger partial charge on any atom is 0.135 e. The first-order chi connectivity index (χ1) is 8.16. The molecule has 0 atom stereocenters. The lowest BCUT2D eigenvalue weighted by atomic mass is 10.2. The summed E-state index contributed by atoms with van der Waals surface area (Å²) in [6, 6.07) is 4.69. The van der Waals surface area contributed by atoms with Gasteiger partial charge in [-0.2, -0.15) is 0 Å². The molecule has 2 aromatic rings. The lowest BCUT2D eigenvalue weighted by Gasteiger charge is -2.06. The van der Waals surface area contributed by atoms with Crippen LogP contribution in [0.5, 0.6) is 0 Å². The second kappa shape index (κ2) is 5.20. The van der Waals surface area contributed by atoms with Gasteiger partial charge < -0.3 is 11.1 Å². The van der Waals surface area contributed by atoms with Crippen LogP contribution in [0, 0.1) is 5.82 Å². The molecule has 0 saturated heterocycles. The van der Waals surface area contributed by atoms with Gasteiger partial charge in [-0.25, -0.2) is 9.37 Å². The quantitative estimate of drug-likeness (QED) is 0.836. The van der Waals surface area contributed by atoms with Crippen molar-refractivity contribution >= 4 is 34.2 Å². The minimum Gasteiger partial charge on any atom is -0.389 e. The number of nitrogens with two attached hydrogens (primary N) is 1. The summed E-state index contributed by atoms with van der Waals surface area (Å²) in [5.41, 5.74) is 6.32. The van der Waals surface area contributed by atoms with Gasteiger partial charge >= 0.3 is 0 Å². The fourth-order valence-electron chi connectivity index (χ4n) is 1.34. The minimum atomic E-state index is -0.415. The van der Waals surface area contributed by atoms with Gasteiger partial charge in [-0.1, -0.05) is 12.2 Å². The highest BCUT2D eigenvalue weighted by Gasteiger charge is 2.05. The van der Waals surface area contributed by atoms with Crippen LogP contribution in [0.25, 0.3) is 0 Å². The third-order valence-corrected chi connectivity index (χ3v) is 3.16. The van der Waals surface area contributed by atoms with E-state index in [2.05, 4.69) is 10.3 Å². The monoisotopic (exact) mass is 267 g/mol. The van der Waals surface area contributed by atoms with Crippen LogP contribution >= 0.6 is 23.6 Å². The Morgan fingerprint density at radius 1 is 1.53 bits per heavy atom. The molecule has 0 spiro atoms. The van der Waals surface area contributed by atoms with E-state index in [9.17, 15) is 4.39 Å². The van der Waals surface area contributed by atoms with Crippen molar-refractivity contribution in [3.8, 4) is 0 Å². The Balaban J connectivity index is 2.07. The molecule has 0 unspecified atom stereocenters. The number of aromatic nitrogens is 1. The maximum atomic E-state index is 13.5. The molecule has 6 heteroatoms. The number of halogens is 1. The zero-order valence-electron chi connectivity index (χ0n) is 8.81. The Hall–Kier alpha value is -1.53. The van der Waals surface area contributed by atoms with E-state index in [0.29, 0.717) is 12.2 Å². The van der Waals surface area contributed by atoms with Crippen molar-refractivity contribution < 1.29 is 4.39 Å². The molecule has 0 radical (unpaired) electrons. The van der Waals surface area contributed by atoms with E-state index >= 15 is 0 Å². The number of thiocarbonyl (C=S) groups is 1. The Morgan fingerprint density at radius 2 is 2.35 bits per heavy atom. The topological polar surface area (TPSA) is 50.9 Å². The summed E-state index contributed by atoms with van der Waals surface area (Å²) in [5.74, 6) is -0.415. The second-order valence-electron chi connectivity index (χ2n) is 3.34. The SMILES string of the molecule is NC(=S)c1ccc(NCc2nccs2)cc1F. The summed E-state index contributed by atoms with van der Waals surface area (Å²) in [6.45, 7) is 0.573. The molecule has 1 aromatic carbocycles. The molecule has 0 saturated carbocycles. The molecule has 3 N–H and O–H groups in total. The Kier molecular flexibility index (Phi) is 3.65. The highest BCUT2D eigenvalue weighted by molar-refractivity contribution is 7.80. The fraction of sp³-hybridized carbons (Fsp3) is 0.0909. The molecule has 0 amide bonds. The predicted molar refractivity (Wildman–Crippen MR) is 71.7 cm³/mol. The number of hydrogen-bond donors (Lipinski definition) is 2. The average Bonchev–Trinajstić information content (AvgIpc) is 2.78. The first-order valence-electron chi connectivity index (χ1n) is 4.88. The summed E-state index contributed by atoms with van der Waals surface area (Å²) in [5, 5.41) is 5.92. The fourth-order valence-corrected chi connectivity index (χ4v) is 2.06. The third-order valence-electron chi connectivity index (χ3n) is 2.16. The lowest BCUT2D eigenvalue weighted by Crippen LogP contribution is -2.12. The lowest BCUT2D eigenvalue weighted by molar-refractivity contribution is 0.626. The van der Waals surface area contributed by atoms with Crippen LogP contribution in [0.15, 0.2) is 29.8 Å². The van der Waals surface area contributed by atoms with Crippen molar-refractivity contribution in [3.05, 3.63) is 46.2 Å². The van der Waals surface area contributed by atoms with Crippen LogP contribution in [-0.4, -0.2) is 9.97 Å². The number of nitrogens with zero attached hydrogens (tertiary/aromatic N) is 1. The van der Waals surface area contributed by atoms with Crippen molar-refractivity contribution in [1.82, 2.24) is 4.98 Å². The van der Waals surface area contributed by atoms with Crippen LogP contribution < -0.4 is 11.1 Å². The van der Waals surface area contributed by atoms with E-state index in [1.807, 2.05) is 5.38 Å². The smallest absolute Gasteiger partial charge is 0.135 e. The van der Waals surface area contributed by atoms with E-state index in [1.54, 1.807) is 29.7 Å². The first kappa shape index (κ1) is 11.9. The Morgan fingerprint density at radius 3 is 2.94 bits per heavy atom. The van der Waals surface area contributed by atoms with E-state index in [0.717, 1.165) is 5.01 Å². The van der Waals surface area contributed by atoms with Crippen LogP contribution in [0.2, 0.25) is 0 Å². The molecule has 17 heavy (non-hydrogen) atoms. The molecule has 0 bridgehead atoms. The summed E-state index contributed by atoms with van der Waals surface area (Å²) in [7, 11) is 0. The normalized spacial score (nSPS) is 10.2. The van der Waals surface area contributed by atoms with Crippen LogP contribution in [-0.2, 0) is 6.54 Å². The van der Waals surface area contributed by atoms with Crippen molar-refractivity contribution in [2.75, 3.05) is 5.32 Å². The van der Waals surface area contributed by atoms with Crippen LogP contribution in [0.1, 0.15) is 10.6 Å². The van der Waals surface area contributed by atoms with Gasteiger partial charge in [0.1, 0.15) is 15.8 Å². The molecule has 2 rings (SSSR count). The van der Waals surface area contributed by atoms with Gasteiger partial charge in [0.05, 0.1) is 6.54 Å². The third kappa shape index (κ3) is 2.98. The molecule has 0 aliphatic carbocycles. The highest BCUT2D eigenvalue weighted by atomic mass is 32.1. The summed E-state index contributed by atoms with van der Waals surface area (Å²) in [4.78, 5) is 4.18. The number of thiazole rings is 1. The van der Waals surface area contributed by atoms with Crippen molar-refractivity contribution in [1.29, 1.82) is 0 Å². The molecule has 1 heterocycles. The standard InChI is InChI=1S/C11H10FN3S2/c12-9-5-7(1-2-8(9)11(13)16)15-6-10-14-3-4-17-10/h1-5,15H,6H2,(H2,13,16). The molecule has 3 nitrogen and oxygen atoms in total. The average molecular weight is 267 g/mol. The van der Waals surface area contributed by atoms with Gasteiger partial charge in [0.25, 0.3) is 0 Å². The summed E-state index contributed by atoms with van der Waals surface area (Å²) < 4.78 is 13.5. The molecular weight excluding hydrogens is 257 g/mol. The Bertz CT molecular complexity index is 526. The largest absolute Gasteiger partial charge is 0.389 e. The van der Waals surface area contributed by atoms with E-state index in [-0.39, 0.29) is 10.6 Å². The number of benzene rings is 1. The van der Waals surface area contributed by atoms with E-state index < -0.39 is 5.82 Å². The highest BCUT2D eigenvalue weighted by Crippen LogP contribution is 2.16. The summed E-state index contributed by atoms with van der Waals surface area (Å²) >= 11 is 6.28. The number of nitrogens with one attached hydrogen (secondary N) is 1. The van der Waals surface area contributed by atoms with E-state index in [4.69, 9.17) is 18.0 Å². The van der Waals surface area contributed by atoms with Crippen LogP contribution in [0.4, 0.5) is 10.1 Å². The zero-order valence-corrected chi connectivity index (χ0v) is 10.4. The van der Waals surface area contributed by atoms with Crippen molar-refractivity contribution in [3.63, 3.8) is 0 Å². The van der Waals surface area contributed by atoms with Gasteiger partial charge in [-0.3, -0.25) is 0 Å². The maximum absolute atomic E-state index is 13.5. The number of rotatable bonds is 4. The zero-order chi connectivity index (χ0) is 12.3. The van der Waals surface area contributed by atoms with Gasteiger partial charge in [0.15, 0.2) is 0 Å². The number of hydrogen-bond acceptors (Lipinski definition) is 4. The van der Waals surface area contributed by atoms with Crippen molar-refractivity contribution in [2.45, 2.75) is 6.54 Å². The van der Waals surface area contributed by atoms with Crippen molar-refractivity contribution in [2.24, 2.45) is 5.73 Å². The molecule has 88 valence electrons. The van der Waals surface area contributed by atoms with Crippen LogP contribution in [0.3, 0.4) is 0 Å². The van der Waals surface area contributed by atoms with Gasteiger partial charge in [0, 0.05) is 22.8 Å². The first-order valence-corrected chi connectivity index (χ1v) is 6.17. The summed E-state index contributed by atoms with van der Waals surface area (Å²) in [6.07, 6.45) is 1.73. The Labute approximate surface area is 107 Å². The second-order valence-corrected chi connectivity index (χ2v) is 4.76. The molecule has 0 fully saturated rings. The predicted octanol–water partition coefficient (Wildman–Crippen LogP) is 2.53. The van der Waals surface area contributed by atoms with E-state index in [1.165, 1.54) is 6.07 Å². The minimum absolute atomic E-state index is 0.0639. The molecule has 0 aliphatic rings. The van der Waals surface area contributed by atoms with Gasteiger partial charge in [0.2, 0.25) is 0 Å². The number of anilines is 1. The van der Waals surface area contributed by atoms with Gasteiger partial charge in [-0.05, 0) is 18.2 Å².